The summed E-state index contributed by atoms with van der Waals surface area (Å²) in [6.07, 6.45) is -4.44. The highest BCUT2D eigenvalue weighted by atomic mass is 79.9. The van der Waals surface area contributed by atoms with Crippen LogP contribution in [0.2, 0.25) is 0 Å². The van der Waals surface area contributed by atoms with Crippen LogP contribution in [-0.2, 0) is 27.5 Å². The van der Waals surface area contributed by atoms with E-state index in [2.05, 4.69) is 15.9 Å². The number of rotatable bonds is 7. The second-order valence-electron chi connectivity index (χ2n) is 9.13. The molecule has 3 aromatic rings. The average Bonchev–Trinajstić information content (AvgIpc) is 2.89. The number of carbonyl (C=O) groups excluding carboxylic acids is 1. The predicted molar refractivity (Wildman–Crippen MR) is 143 cm³/mol. The van der Waals surface area contributed by atoms with Gasteiger partial charge in [-0.05, 0) is 55.0 Å². The first kappa shape index (κ1) is 28.1. The van der Waals surface area contributed by atoms with Crippen LogP contribution in [0.25, 0.3) is 0 Å². The first-order valence-corrected chi connectivity index (χ1v) is 14.2. The molecule has 38 heavy (non-hydrogen) atoms. The van der Waals surface area contributed by atoms with Crippen LogP contribution >= 0.6 is 15.9 Å². The Hall–Kier alpha value is -2.89. The average molecular weight is 610 g/mol. The van der Waals surface area contributed by atoms with Crippen LogP contribution in [0, 0.1) is 6.92 Å². The number of hydrogen-bond acceptors (Lipinski definition) is 4. The zero-order chi connectivity index (χ0) is 27.5. The summed E-state index contributed by atoms with van der Waals surface area (Å²) in [7, 11) is -3.98. The molecule has 0 atom stereocenters. The van der Waals surface area contributed by atoms with Gasteiger partial charge < -0.3 is 9.80 Å². The lowest BCUT2D eigenvalue weighted by Gasteiger charge is -2.37. The summed E-state index contributed by atoms with van der Waals surface area (Å²) in [5.41, 5.74) is 1.49. The van der Waals surface area contributed by atoms with Gasteiger partial charge in [-0.2, -0.15) is 17.5 Å². The van der Waals surface area contributed by atoms with Crippen LogP contribution in [0.1, 0.15) is 16.7 Å². The standard InChI is InChI=1S/C27H27BrF3N3O3S/c1-20-5-7-21(8-6-20)18-34(38(36,37)25-11-9-23(28)10-12-25)19-26(35)33-15-13-32(14-16-33)24-4-2-3-22(17-24)27(29,30)31/h2-12,17H,13-16,18-19H2,1H3. The number of piperazine rings is 1. The maximum Gasteiger partial charge on any atom is 0.416 e. The number of halogens is 4. The van der Waals surface area contributed by atoms with E-state index >= 15 is 0 Å². The minimum Gasteiger partial charge on any atom is -0.368 e. The van der Waals surface area contributed by atoms with Crippen molar-refractivity contribution >= 4 is 37.5 Å². The fraction of sp³-hybridized carbons (Fsp3) is 0.296. The Balaban J connectivity index is 1.48. The van der Waals surface area contributed by atoms with Crippen LogP contribution in [0.15, 0.2) is 82.2 Å². The molecule has 1 saturated heterocycles. The molecular formula is C27H27BrF3N3O3S. The van der Waals surface area contributed by atoms with Gasteiger partial charge in [-0.3, -0.25) is 4.79 Å². The fourth-order valence-electron chi connectivity index (χ4n) is 4.22. The molecule has 0 aliphatic carbocycles. The van der Waals surface area contributed by atoms with Crippen molar-refractivity contribution in [2.45, 2.75) is 24.5 Å². The zero-order valence-corrected chi connectivity index (χ0v) is 23.1. The van der Waals surface area contributed by atoms with E-state index in [1.54, 1.807) is 28.0 Å². The minimum atomic E-state index is -4.44. The molecule has 1 heterocycles. The van der Waals surface area contributed by atoms with Gasteiger partial charge in [0.25, 0.3) is 0 Å². The molecule has 1 fully saturated rings. The molecule has 0 spiro atoms. The maximum absolute atomic E-state index is 13.5. The van der Waals surface area contributed by atoms with Crippen molar-refractivity contribution in [2.75, 3.05) is 37.6 Å². The van der Waals surface area contributed by atoms with Gasteiger partial charge in [-0.15, -0.1) is 0 Å². The van der Waals surface area contributed by atoms with Crippen LogP contribution in [0.5, 0.6) is 0 Å². The Labute approximate surface area is 228 Å². The lowest BCUT2D eigenvalue weighted by atomic mass is 10.1. The highest BCUT2D eigenvalue weighted by molar-refractivity contribution is 9.10. The number of alkyl halides is 3. The van der Waals surface area contributed by atoms with Crippen molar-refractivity contribution in [1.82, 2.24) is 9.21 Å². The van der Waals surface area contributed by atoms with E-state index in [4.69, 9.17) is 0 Å². The molecule has 1 aliphatic heterocycles. The molecule has 0 bridgehead atoms. The molecule has 0 saturated carbocycles. The normalized spacial score (nSPS) is 14.7. The molecule has 0 aromatic heterocycles. The van der Waals surface area contributed by atoms with E-state index in [0.29, 0.717) is 18.8 Å². The van der Waals surface area contributed by atoms with Gasteiger partial charge >= 0.3 is 6.18 Å². The summed E-state index contributed by atoms with van der Waals surface area (Å²) in [6.45, 7) is 2.82. The number of amides is 1. The van der Waals surface area contributed by atoms with Gasteiger partial charge in [-0.1, -0.05) is 51.8 Å². The van der Waals surface area contributed by atoms with Crippen LogP contribution < -0.4 is 4.90 Å². The predicted octanol–water partition coefficient (Wildman–Crippen LogP) is 5.32. The van der Waals surface area contributed by atoms with Crippen molar-refractivity contribution in [3.05, 3.63) is 94.0 Å². The van der Waals surface area contributed by atoms with Crippen molar-refractivity contribution in [2.24, 2.45) is 0 Å². The van der Waals surface area contributed by atoms with Crippen molar-refractivity contribution in [3.8, 4) is 0 Å². The number of hydrogen-bond donors (Lipinski definition) is 0. The van der Waals surface area contributed by atoms with E-state index in [-0.39, 0.29) is 37.0 Å². The van der Waals surface area contributed by atoms with Crippen LogP contribution in [0.4, 0.5) is 18.9 Å². The Kier molecular flexibility index (Phi) is 8.49. The lowest BCUT2D eigenvalue weighted by molar-refractivity contribution is -0.137. The molecule has 202 valence electrons. The fourth-order valence-corrected chi connectivity index (χ4v) is 5.86. The number of sulfonamides is 1. The molecule has 1 amide bonds. The van der Waals surface area contributed by atoms with Gasteiger partial charge in [0.05, 0.1) is 17.0 Å². The Morgan fingerprint density at radius 2 is 1.58 bits per heavy atom. The third kappa shape index (κ3) is 6.75. The van der Waals surface area contributed by atoms with Crippen LogP contribution in [0.3, 0.4) is 0 Å². The topological polar surface area (TPSA) is 60.9 Å². The largest absolute Gasteiger partial charge is 0.416 e. The molecule has 6 nitrogen and oxygen atoms in total. The number of carbonyl (C=O) groups is 1. The quantitative estimate of drug-likeness (QED) is 0.364. The second-order valence-corrected chi connectivity index (χ2v) is 12.0. The van der Waals surface area contributed by atoms with Gasteiger partial charge in [-0.25, -0.2) is 8.42 Å². The molecule has 1 aliphatic rings. The number of aryl methyl sites for hydroxylation is 1. The Morgan fingerprint density at radius 1 is 0.947 bits per heavy atom. The first-order chi connectivity index (χ1) is 17.9. The van der Waals surface area contributed by atoms with Crippen molar-refractivity contribution in [1.29, 1.82) is 0 Å². The van der Waals surface area contributed by atoms with Gasteiger partial charge in [0, 0.05) is 42.9 Å². The third-order valence-corrected chi connectivity index (χ3v) is 8.75. The lowest BCUT2D eigenvalue weighted by Crippen LogP contribution is -2.51. The molecule has 11 heteroatoms. The van der Waals surface area contributed by atoms with Gasteiger partial charge in [0.15, 0.2) is 0 Å². The van der Waals surface area contributed by atoms with E-state index < -0.39 is 21.8 Å². The second kappa shape index (κ2) is 11.5. The number of benzene rings is 3. The number of nitrogens with zero attached hydrogens (tertiary/aromatic N) is 3. The monoisotopic (exact) mass is 609 g/mol. The number of anilines is 1. The summed E-state index contributed by atoms with van der Waals surface area (Å²) in [6, 6.07) is 18.8. The first-order valence-electron chi connectivity index (χ1n) is 11.9. The van der Waals surface area contributed by atoms with E-state index in [9.17, 15) is 26.4 Å². The van der Waals surface area contributed by atoms with E-state index in [1.165, 1.54) is 22.5 Å². The highest BCUT2D eigenvalue weighted by Gasteiger charge is 2.32. The summed E-state index contributed by atoms with van der Waals surface area (Å²) in [4.78, 5) is 16.7. The smallest absolute Gasteiger partial charge is 0.368 e. The molecule has 3 aromatic carbocycles. The molecule has 4 rings (SSSR count). The molecule has 0 N–H and O–H groups in total. The van der Waals surface area contributed by atoms with Crippen LogP contribution in [-0.4, -0.2) is 56.3 Å². The molecule has 0 unspecified atom stereocenters. The minimum absolute atomic E-state index is 0.0224. The van der Waals surface area contributed by atoms with E-state index in [0.717, 1.165) is 27.7 Å². The maximum atomic E-state index is 13.5. The Morgan fingerprint density at radius 3 is 2.18 bits per heavy atom. The van der Waals surface area contributed by atoms with Crippen molar-refractivity contribution in [3.63, 3.8) is 0 Å². The molecule has 0 radical (unpaired) electrons. The van der Waals surface area contributed by atoms with Crippen molar-refractivity contribution < 1.29 is 26.4 Å². The van der Waals surface area contributed by atoms with Gasteiger partial charge in [0.1, 0.15) is 0 Å². The molecular weight excluding hydrogens is 583 g/mol. The highest BCUT2D eigenvalue weighted by Crippen LogP contribution is 2.32. The summed E-state index contributed by atoms with van der Waals surface area (Å²) < 4.78 is 68.3. The SMILES string of the molecule is Cc1ccc(CN(CC(=O)N2CCN(c3cccc(C(F)(F)F)c3)CC2)S(=O)(=O)c2ccc(Br)cc2)cc1. The van der Waals surface area contributed by atoms with E-state index in [1.807, 2.05) is 31.2 Å². The summed E-state index contributed by atoms with van der Waals surface area (Å²) >= 11 is 3.31. The zero-order valence-electron chi connectivity index (χ0n) is 20.7. The van der Waals surface area contributed by atoms with Gasteiger partial charge in [0.2, 0.25) is 15.9 Å². The third-order valence-electron chi connectivity index (χ3n) is 6.41. The summed E-state index contributed by atoms with van der Waals surface area (Å²) in [5, 5.41) is 0. The summed E-state index contributed by atoms with van der Waals surface area (Å²) in [5.74, 6) is -0.360. The Bertz CT molecular complexity index is 1370.